The number of amides is 1. The van der Waals surface area contributed by atoms with Crippen LogP contribution in [0.25, 0.3) is 0 Å². The van der Waals surface area contributed by atoms with Crippen molar-refractivity contribution in [1.29, 1.82) is 0 Å². The molecule has 1 N–H and O–H groups in total. The molecule has 1 aromatic rings. The molecule has 0 saturated carbocycles. The average Bonchev–Trinajstić information content (AvgIpc) is 2.73. The SMILES string of the molecule is CC(C)(C)CN(CC(=O)O)C(=O)c1cc(C(C)(C)C)on1. The topological polar surface area (TPSA) is 83.6 Å². The summed E-state index contributed by atoms with van der Waals surface area (Å²) < 4.78 is 5.19. The molecule has 0 aromatic carbocycles. The van der Waals surface area contributed by atoms with E-state index in [1.807, 2.05) is 41.5 Å². The maximum Gasteiger partial charge on any atom is 0.323 e. The minimum absolute atomic E-state index is 0.144. The van der Waals surface area contributed by atoms with Crippen LogP contribution in [0.2, 0.25) is 0 Å². The summed E-state index contributed by atoms with van der Waals surface area (Å²) in [5.41, 5.74) is -0.319. The Morgan fingerprint density at radius 2 is 1.81 bits per heavy atom. The number of carbonyl (C=O) groups excluding carboxylic acids is 1. The number of hydrogen-bond acceptors (Lipinski definition) is 4. The molecule has 6 heteroatoms. The Labute approximate surface area is 125 Å². The van der Waals surface area contributed by atoms with Crippen LogP contribution in [-0.2, 0) is 10.2 Å². The van der Waals surface area contributed by atoms with Gasteiger partial charge in [0.25, 0.3) is 5.91 Å². The Balaban J connectivity index is 2.99. The summed E-state index contributed by atoms with van der Waals surface area (Å²) in [5, 5.41) is 12.8. The standard InChI is InChI=1S/C15H24N2O4/c1-14(2,3)9-17(8-12(18)19)13(20)10-7-11(21-16-10)15(4,5)6/h7H,8-9H2,1-6H3,(H,18,19). The highest BCUT2D eigenvalue weighted by atomic mass is 16.5. The number of nitrogens with zero attached hydrogens (tertiary/aromatic N) is 2. The number of rotatable bonds is 4. The average molecular weight is 296 g/mol. The number of carboxylic acid groups (broad SMARTS) is 1. The van der Waals surface area contributed by atoms with Gasteiger partial charge in [-0.2, -0.15) is 0 Å². The van der Waals surface area contributed by atoms with Crippen LogP contribution >= 0.6 is 0 Å². The first-order valence-corrected chi connectivity index (χ1v) is 6.88. The first-order valence-electron chi connectivity index (χ1n) is 6.88. The molecule has 0 atom stereocenters. The molecule has 0 aliphatic rings. The summed E-state index contributed by atoms with van der Waals surface area (Å²) in [4.78, 5) is 24.7. The van der Waals surface area contributed by atoms with E-state index in [4.69, 9.17) is 9.63 Å². The molecule has 0 fully saturated rings. The minimum Gasteiger partial charge on any atom is -0.480 e. The van der Waals surface area contributed by atoms with Crippen molar-refractivity contribution in [2.24, 2.45) is 5.41 Å². The van der Waals surface area contributed by atoms with Gasteiger partial charge < -0.3 is 14.5 Å². The molecular formula is C15H24N2O4. The predicted octanol–water partition coefficient (Wildman–Crippen LogP) is 2.55. The van der Waals surface area contributed by atoms with Gasteiger partial charge in [0.2, 0.25) is 0 Å². The zero-order chi connectivity index (χ0) is 16.4. The summed E-state index contributed by atoms with van der Waals surface area (Å²) in [6, 6.07) is 1.58. The second-order valence-electron chi connectivity index (χ2n) is 7.44. The highest BCUT2D eigenvalue weighted by Gasteiger charge is 2.28. The number of hydrogen-bond donors (Lipinski definition) is 1. The molecule has 0 unspecified atom stereocenters. The van der Waals surface area contributed by atoms with E-state index in [2.05, 4.69) is 5.16 Å². The third-order valence-electron chi connectivity index (χ3n) is 2.75. The maximum absolute atomic E-state index is 12.4. The zero-order valence-electron chi connectivity index (χ0n) is 13.6. The summed E-state index contributed by atoms with van der Waals surface area (Å²) >= 11 is 0. The molecular weight excluding hydrogens is 272 g/mol. The first-order chi connectivity index (χ1) is 9.40. The van der Waals surface area contributed by atoms with E-state index in [0.29, 0.717) is 12.3 Å². The van der Waals surface area contributed by atoms with Crippen molar-refractivity contribution in [3.8, 4) is 0 Å². The van der Waals surface area contributed by atoms with Gasteiger partial charge in [0, 0.05) is 18.0 Å². The summed E-state index contributed by atoms with van der Waals surface area (Å²) in [5.74, 6) is -0.879. The van der Waals surface area contributed by atoms with Crippen molar-refractivity contribution in [1.82, 2.24) is 10.1 Å². The summed E-state index contributed by atoms with van der Waals surface area (Å²) in [6.45, 7) is 11.7. The van der Waals surface area contributed by atoms with E-state index < -0.39 is 11.9 Å². The van der Waals surface area contributed by atoms with Crippen molar-refractivity contribution in [2.45, 2.75) is 47.0 Å². The number of aromatic nitrogens is 1. The van der Waals surface area contributed by atoms with Crippen molar-refractivity contribution in [2.75, 3.05) is 13.1 Å². The van der Waals surface area contributed by atoms with Crippen molar-refractivity contribution in [3.63, 3.8) is 0 Å². The van der Waals surface area contributed by atoms with Crippen LogP contribution in [0.15, 0.2) is 10.6 Å². The fourth-order valence-electron chi connectivity index (χ4n) is 1.83. The summed E-state index contributed by atoms with van der Waals surface area (Å²) in [7, 11) is 0. The lowest BCUT2D eigenvalue weighted by atomic mass is 9.93. The van der Waals surface area contributed by atoms with Gasteiger partial charge in [0.05, 0.1) is 0 Å². The van der Waals surface area contributed by atoms with Gasteiger partial charge in [-0.15, -0.1) is 0 Å². The lowest BCUT2D eigenvalue weighted by Crippen LogP contribution is -2.41. The largest absolute Gasteiger partial charge is 0.480 e. The molecule has 1 amide bonds. The lowest BCUT2D eigenvalue weighted by Gasteiger charge is -2.28. The van der Waals surface area contributed by atoms with Crippen LogP contribution in [0.1, 0.15) is 57.8 Å². The molecule has 0 spiro atoms. The van der Waals surface area contributed by atoms with Gasteiger partial charge in [-0.3, -0.25) is 9.59 Å². The Hall–Kier alpha value is -1.85. The Bertz CT molecular complexity index is 521. The zero-order valence-corrected chi connectivity index (χ0v) is 13.6. The van der Waals surface area contributed by atoms with E-state index in [1.54, 1.807) is 6.07 Å². The van der Waals surface area contributed by atoms with Crippen LogP contribution in [0, 0.1) is 5.41 Å². The van der Waals surface area contributed by atoms with E-state index in [-0.39, 0.29) is 23.1 Å². The fourth-order valence-corrected chi connectivity index (χ4v) is 1.83. The number of carbonyl (C=O) groups is 2. The van der Waals surface area contributed by atoms with Gasteiger partial charge in [0.1, 0.15) is 12.3 Å². The Morgan fingerprint density at radius 3 is 2.19 bits per heavy atom. The quantitative estimate of drug-likeness (QED) is 0.923. The maximum atomic E-state index is 12.4. The van der Waals surface area contributed by atoms with Gasteiger partial charge in [0.15, 0.2) is 5.69 Å². The molecule has 0 aliphatic carbocycles. The van der Waals surface area contributed by atoms with Crippen LogP contribution in [0.5, 0.6) is 0 Å². The number of carboxylic acids is 1. The summed E-state index contributed by atoms with van der Waals surface area (Å²) in [6.07, 6.45) is 0. The normalized spacial score (nSPS) is 12.3. The lowest BCUT2D eigenvalue weighted by molar-refractivity contribution is -0.138. The fraction of sp³-hybridized carbons (Fsp3) is 0.667. The molecule has 0 bridgehead atoms. The van der Waals surface area contributed by atoms with Crippen LogP contribution in [0.4, 0.5) is 0 Å². The van der Waals surface area contributed by atoms with Crippen LogP contribution in [0.3, 0.4) is 0 Å². The third-order valence-corrected chi connectivity index (χ3v) is 2.75. The smallest absolute Gasteiger partial charge is 0.323 e. The Morgan fingerprint density at radius 1 is 1.24 bits per heavy atom. The van der Waals surface area contributed by atoms with Gasteiger partial charge in [-0.1, -0.05) is 46.7 Å². The van der Waals surface area contributed by atoms with E-state index in [0.717, 1.165) is 0 Å². The molecule has 1 heterocycles. The van der Waals surface area contributed by atoms with E-state index in [9.17, 15) is 9.59 Å². The molecule has 0 radical (unpaired) electrons. The van der Waals surface area contributed by atoms with Crippen LogP contribution in [-0.4, -0.2) is 40.1 Å². The van der Waals surface area contributed by atoms with Crippen molar-refractivity contribution in [3.05, 3.63) is 17.5 Å². The monoisotopic (exact) mass is 296 g/mol. The first kappa shape index (κ1) is 17.2. The highest BCUT2D eigenvalue weighted by Crippen LogP contribution is 2.24. The second-order valence-corrected chi connectivity index (χ2v) is 7.44. The Kier molecular flexibility index (Phi) is 4.81. The molecule has 1 rings (SSSR count). The molecule has 6 nitrogen and oxygen atoms in total. The predicted molar refractivity (Wildman–Crippen MR) is 78.2 cm³/mol. The molecule has 0 saturated heterocycles. The number of aliphatic carboxylic acids is 1. The van der Waals surface area contributed by atoms with Gasteiger partial charge in [-0.05, 0) is 5.41 Å². The second kappa shape index (κ2) is 5.87. The third kappa shape index (κ3) is 5.21. The van der Waals surface area contributed by atoms with Crippen molar-refractivity contribution < 1.29 is 19.2 Å². The molecule has 118 valence electrons. The van der Waals surface area contributed by atoms with Gasteiger partial charge in [-0.25, -0.2) is 0 Å². The van der Waals surface area contributed by atoms with E-state index in [1.165, 1.54) is 4.90 Å². The van der Waals surface area contributed by atoms with Crippen molar-refractivity contribution >= 4 is 11.9 Å². The molecule has 1 aromatic heterocycles. The highest BCUT2D eigenvalue weighted by molar-refractivity contribution is 5.94. The molecule has 0 aliphatic heterocycles. The molecule has 21 heavy (non-hydrogen) atoms. The van der Waals surface area contributed by atoms with Gasteiger partial charge >= 0.3 is 5.97 Å². The van der Waals surface area contributed by atoms with Crippen LogP contribution < -0.4 is 0 Å². The minimum atomic E-state index is -1.05. The van der Waals surface area contributed by atoms with E-state index >= 15 is 0 Å².